The number of anilines is 1. The molecule has 1 aliphatic heterocycles. The monoisotopic (exact) mass is 435 g/mol. The van der Waals surface area contributed by atoms with Crippen LogP contribution in [0.2, 0.25) is 5.02 Å². The van der Waals surface area contributed by atoms with E-state index in [1.54, 1.807) is 6.92 Å². The molecule has 1 atom stereocenters. The van der Waals surface area contributed by atoms with E-state index < -0.39 is 17.7 Å². The van der Waals surface area contributed by atoms with Crippen LogP contribution in [0.15, 0.2) is 35.6 Å². The van der Waals surface area contributed by atoms with Crippen LogP contribution in [0.25, 0.3) is 0 Å². The van der Waals surface area contributed by atoms with Crippen LogP contribution in [-0.4, -0.2) is 23.3 Å². The van der Waals surface area contributed by atoms with E-state index in [1.165, 1.54) is 11.0 Å². The zero-order valence-corrected chi connectivity index (χ0v) is 18.1. The standard InChI is InChI=1S/C22H23ClFNO3S/c1-4-9-28-22(27)12(2)20(29)16-10-19(18(24)11-17(16)23)25-13(3)14-7-5-6-8-15(14)21(25)26/h10-12H,3-9H2,1-2H3. The molecule has 0 saturated carbocycles. The van der Waals surface area contributed by atoms with Gasteiger partial charge in [-0.1, -0.05) is 37.3 Å². The molecule has 1 unspecified atom stereocenters. The van der Waals surface area contributed by atoms with Crippen molar-refractivity contribution in [1.82, 2.24) is 0 Å². The van der Waals surface area contributed by atoms with Gasteiger partial charge in [-0.25, -0.2) is 4.39 Å². The summed E-state index contributed by atoms with van der Waals surface area (Å²) >= 11 is 11.7. The zero-order chi connectivity index (χ0) is 21.3. The van der Waals surface area contributed by atoms with Crippen molar-refractivity contribution in [3.8, 4) is 0 Å². The van der Waals surface area contributed by atoms with Crippen LogP contribution in [0, 0.1) is 11.7 Å². The first kappa shape index (κ1) is 21.7. The van der Waals surface area contributed by atoms with Crippen molar-refractivity contribution in [3.63, 3.8) is 0 Å². The lowest BCUT2D eigenvalue weighted by atomic mass is 9.93. The Labute approximate surface area is 180 Å². The summed E-state index contributed by atoms with van der Waals surface area (Å²) in [5.74, 6) is -2.08. The van der Waals surface area contributed by atoms with E-state index in [4.69, 9.17) is 28.6 Å². The maximum Gasteiger partial charge on any atom is 0.314 e. The zero-order valence-electron chi connectivity index (χ0n) is 16.5. The first-order chi connectivity index (χ1) is 13.8. The van der Waals surface area contributed by atoms with Crippen LogP contribution in [-0.2, 0) is 14.3 Å². The molecule has 2 aliphatic rings. The summed E-state index contributed by atoms with van der Waals surface area (Å²) in [6, 6.07) is 2.56. The lowest BCUT2D eigenvalue weighted by molar-refractivity contribution is -0.145. The summed E-state index contributed by atoms with van der Waals surface area (Å²) in [7, 11) is 0. The number of esters is 1. The third kappa shape index (κ3) is 4.01. The van der Waals surface area contributed by atoms with E-state index in [-0.39, 0.29) is 21.5 Å². The number of rotatable bonds is 6. The highest BCUT2D eigenvalue weighted by molar-refractivity contribution is 7.81. The molecule has 1 amide bonds. The molecule has 1 aliphatic carbocycles. The summed E-state index contributed by atoms with van der Waals surface area (Å²) in [5.41, 5.74) is 2.49. The van der Waals surface area contributed by atoms with Gasteiger partial charge in [0.25, 0.3) is 5.91 Å². The number of amides is 1. The Morgan fingerprint density at radius 3 is 2.62 bits per heavy atom. The highest BCUT2D eigenvalue weighted by Crippen LogP contribution is 2.42. The first-order valence-corrected chi connectivity index (χ1v) is 10.5. The summed E-state index contributed by atoms with van der Waals surface area (Å²) < 4.78 is 20.0. The van der Waals surface area contributed by atoms with Gasteiger partial charge in [-0.15, -0.1) is 0 Å². The van der Waals surface area contributed by atoms with Gasteiger partial charge in [0.2, 0.25) is 0 Å². The maximum absolute atomic E-state index is 14.8. The molecular formula is C22H23ClFNO3S. The van der Waals surface area contributed by atoms with Crippen molar-refractivity contribution in [2.24, 2.45) is 5.92 Å². The third-order valence-electron chi connectivity index (χ3n) is 5.29. The van der Waals surface area contributed by atoms with Crippen LogP contribution in [0.1, 0.15) is 51.5 Å². The van der Waals surface area contributed by atoms with Crippen LogP contribution in [0.3, 0.4) is 0 Å². The van der Waals surface area contributed by atoms with Gasteiger partial charge >= 0.3 is 5.97 Å². The number of carbonyl (C=O) groups is 2. The molecule has 4 nitrogen and oxygen atoms in total. The molecule has 29 heavy (non-hydrogen) atoms. The summed E-state index contributed by atoms with van der Waals surface area (Å²) in [6.07, 6.45) is 4.04. The second kappa shape index (κ2) is 8.76. The van der Waals surface area contributed by atoms with Crippen LogP contribution in [0.5, 0.6) is 0 Å². The Bertz CT molecular complexity index is 912. The number of nitrogens with zero attached hydrogens (tertiary/aromatic N) is 1. The van der Waals surface area contributed by atoms with Crippen molar-refractivity contribution in [2.75, 3.05) is 11.5 Å². The summed E-state index contributed by atoms with van der Waals surface area (Å²) in [5, 5.41) is 0.0846. The molecule has 7 heteroatoms. The van der Waals surface area contributed by atoms with E-state index in [0.717, 1.165) is 30.9 Å². The number of benzene rings is 1. The second-order valence-corrected chi connectivity index (χ2v) is 8.14. The quantitative estimate of drug-likeness (QED) is 0.335. The molecule has 1 aromatic rings. The van der Waals surface area contributed by atoms with Gasteiger partial charge in [-0.2, -0.15) is 0 Å². The predicted octanol–water partition coefficient (Wildman–Crippen LogP) is 5.52. The number of allylic oxidation sites excluding steroid dienone is 1. The molecule has 0 radical (unpaired) electrons. The number of hydrogen-bond donors (Lipinski definition) is 0. The number of thiocarbonyl (C=S) groups is 1. The Balaban J connectivity index is 1.95. The van der Waals surface area contributed by atoms with Crippen molar-refractivity contribution in [3.05, 3.63) is 52.0 Å². The Hall–Kier alpha value is -2.05. The highest BCUT2D eigenvalue weighted by atomic mass is 35.5. The molecule has 0 bridgehead atoms. The normalized spacial score (nSPS) is 17.4. The van der Waals surface area contributed by atoms with Gasteiger partial charge in [0.05, 0.1) is 23.2 Å². The maximum atomic E-state index is 14.8. The van der Waals surface area contributed by atoms with Crippen molar-refractivity contribution in [1.29, 1.82) is 0 Å². The molecule has 0 aromatic heterocycles. The lowest BCUT2D eigenvalue weighted by Crippen LogP contribution is -2.27. The van der Waals surface area contributed by atoms with E-state index >= 15 is 0 Å². The smallest absolute Gasteiger partial charge is 0.314 e. The minimum atomic E-state index is -0.726. The molecule has 3 rings (SSSR count). The van der Waals surface area contributed by atoms with Gasteiger partial charge in [0.15, 0.2) is 0 Å². The average Bonchev–Trinajstić information content (AvgIpc) is 2.96. The Morgan fingerprint density at radius 1 is 1.34 bits per heavy atom. The topological polar surface area (TPSA) is 46.6 Å². The average molecular weight is 436 g/mol. The predicted molar refractivity (Wildman–Crippen MR) is 116 cm³/mol. The van der Waals surface area contributed by atoms with Crippen LogP contribution < -0.4 is 4.90 Å². The molecule has 1 heterocycles. The molecule has 1 aromatic carbocycles. The first-order valence-electron chi connectivity index (χ1n) is 9.73. The number of hydrogen-bond acceptors (Lipinski definition) is 4. The lowest BCUT2D eigenvalue weighted by Gasteiger charge is -2.22. The molecule has 0 spiro atoms. The molecular weight excluding hydrogens is 413 g/mol. The minimum absolute atomic E-state index is 0.0466. The van der Waals surface area contributed by atoms with Gasteiger partial charge in [0, 0.05) is 21.7 Å². The van der Waals surface area contributed by atoms with Gasteiger partial charge in [0.1, 0.15) is 5.82 Å². The fourth-order valence-electron chi connectivity index (χ4n) is 3.67. The number of ether oxygens (including phenoxy) is 1. The minimum Gasteiger partial charge on any atom is -0.465 e. The molecule has 0 N–H and O–H groups in total. The van der Waals surface area contributed by atoms with E-state index in [0.29, 0.717) is 36.3 Å². The Morgan fingerprint density at radius 2 is 2.00 bits per heavy atom. The molecule has 0 saturated heterocycles. The van der Waals surface area contributed by atoms with E-state index in [1.807, 2.05) is 6.92 Å². The molecule has 154 valence electrons. The summed E-state index contributed by atoms with van der Waals surface area (Å²) in [4.78, 5) is 26.7. The van der Waals surface area contributed by atoms with Crippen molar-refractivity contribution in [2.45, 2.75) is 46.0 Å². The SMILES string of the molecule is C=C1C2=C(CCCC2)C(=O)N1c1cc(C(=S)C(C)C(=O)OCCC)c(Cl)cc1F. The Kier molecular flexibility index (Phi) is 6.54. The summed E-state index contributed by atoms with van der Waals surface area (Å²) in [6.45, 7) is 7.84. The third-order valence-corrected chi connectivity index (χ3v) is 6.17. The second-order valence-electron chi connectivity index (χ2n) is 7.29. The fourth-order valence-corrected chi connectivity index (χ4v) is 4.25. The number of halogens is 2. The van der Waals surface area contributed by atoms with Gasteiger partial charge in [-0.3, -0.25) is 14.5 Å². The van der Waals surface area contributed by atoms with Gasteiger partial charge in [-0.05, 0) is 56.7 Å². The van der Waals surface area contributed by atoms with Crippen LogP contribution in [0.4, 0.5) is 10.1 Å². The van der Waals surface area contributed by atoms with Crippen molar-refractivity contribution < 1.29 is 18.7 Å². The van der Waals surface area contributed by atoms with Crippen LogP contribution >= 0.6 is 23.8 Å². The van der Waals surface area contributed by atoms with E-state index in [9.17, 15) is 14.0 Å². The van der Waals surface area contributed by atoms with Crippen molar-refractivity contribution >= 4 is 46.2 Å². The molecule has 0 fully saturated rings. The largest absolute Gasteiger partial charge is 0.465 e. The fraction of sp³-hybridized carbons (Fsp3) is 0.409. The highest BCUT2D eigenvalue weighted by Gasteiger charge is 2.37. The van der Waals surface area contributed by atoms with Gasteiger partial charge < -0.3 is 4.74 Å². The van der Waals surface area contributed by atoms with E-state index in [2.05, 4.69) is 6.58 Å². The number of carbonyl (C=O) groups excluding carboxylic acids is 2.